The number of hydrogen-bond donors (Lipinski definition) is 0. The van der Waals surface area contributed by atoms with Gasteiger partial charge < -0.3 is 0 Å². The van der Waals surface area contributed by atoms with Gasteiger partial charge in [0.05, 0.1) is 4.92 Å². The molecule has 1 fully saturated rings. The first-order valence-electron chi connectivity index (χ1n) is 7.41. The molecule has 1 aromatic rings. The zero-order valence-electron chi connectivity index (χ0n) is 12.6. The van der Waals surface area contributed by atoms with E-state index in [4.69, 9.17) is 0 Å². The van der Waals surface area contributed by atoms with Crippen molar-refractivity contribution in [3.05, 3.63) is 39.7 Å². The first-order valence-corrected chi connectivity index (χ1v) is 7.41. The van der Waals surface area contributed by atoms with Crippen molar-refractivity contribution in [3.63, 3.8) is 0 Å². The second-order valence-corrected chi connectivity index (χ2v) is 5.58. The predicted octanol–water partition coefficient (Wildman–Crippen LogP) is 2.65. The van der Waals surface area contributed by atoms with Gasteiger partial charge in [-0.3, -0.25) is 19.9 Å². The molecule has 1 heterocycles. The van der Waals surface area contributed by atoms with Crippen molar-refractivity contribution in [2.75, 3.05) is 26.2 Å². The van der Waals surface area contributed by atoms with E-state index in [0.717, 1.165) is 32.6 Å². The largest absolute Gasteiger partial charge is 0.305 e. The molecule has 2 rings (SSSR count). The van der Waals surface area contributed by atoms with E-state index in [1.165, 1.54) is 6.07 Å². The van der Waals surface area contributed by atoms with Crippen molar-refractivity contribution >= 4 is 5.69 Å². The molecule has 1 aliphatic heterocycles. The molecule has 0 spiro atoms. The zero-order chi connectivity index (χ0) is 15.4. The van der Waals surface area contributed by atoms with Crippen LogP contribution in [0.3, 0.4) is 0 Å². The number of nitrogens with zero attached hydrogens (tertiary/aromatic N) is 3. The number of nitro benzene ring substituents is 1. The molecule has 0 saturated carbocycles. The van der Waals surface area contributed by atoms with Crippen LogP contribution in [0.2, 0.25) is 0 Å². The van der Waals surface area contributed by atoms with Crippen LogP contribution in [0.4, 0.5) is 10.1 Å². The van der Waals surface area contributed by atoms with Gasteiger partial charge in [0.2, 0.25) is 5.82 Å². The van der Waals surface area contributed by atoms with Gasteiger partial charge in [-0.25, -0.2) is 0 Å². The number of benzene rings is 1. The number of nitro groups is 1. The van der Waals surface area contributed by atoms with E-state index in [2.05, 4.69) is 23.6 Å². The smallest absolute Gasteiger partial charge is 0.298 e. The van der Waals surface area contributed by atoms with Crippen molar-refractivity contribution < 1.29 is 9.31 Å². The van der Waals surface area contributed by atoms with Gasteiger partial charge in [-0.1, -0.05) is 19.1 Å². The Labute approximate surface area is 124 Å². The number of rotatable bonds is 5. The van der Waals surface area contributed by atoms with Crippen molar-refractivity contribution in [2.45, 2.75) is 32.9 Å². The SMILES string of the molecule is CCC(C)N1CCN(Cc2cccc([N+](=O)[O-])c2F)CC1. The fourth-order valence-electron chi connectivity index (χ4n) is 2.69. The molecule has 0 amide bonds. The summed E-state index contributed by atoms with van der Waals surface area (Å²) in [4.78, 5) is 14.7. The molecular formula is C15H22FN3O2. The van der Waals surface area contributed by atoms with Crippen LogP contribution in [-0.2, 0) is 6.54 Å². The summed E-state index contributed by atoms with van der Waals surface area (Å²) in [6.07, 6.45) is 1.12. The van der Waals surface area contributed by atoms with Gasteiger partial charge in [-0.05, 0) is 13.3 Å². The van der Waals surface area contributed by atoms with Crippen molar-refractivity contribution in [3.8, 4) is 0 Å². The van der Waals surface area contributed by atoms with Crippen LogP contribution < -0.4 is 0 Å². The Morgan fingerprint density at radius 1 is 1.33 bits per heavy atom. The first kappa shape index (κ1) is 15.9. The van der Waals surface area contributed by atoms with E-state index in [-0.39, 0.29) is 0 Å². The molecule has 0 aromatic heterocycles. The molecule has 1 saturated heterocycles. The highest BCUT2D eigenvalue weighted by atomic mass is 19.1. The minimum Gasteiger partial charge on any atom is -0.298 e. The average Bonchev–Trinajstić information content (AvgIpc) is 2.49. The van der Waals surface area contributed by atoms with Crippen LogP contribution in [0.15, 0.2) is 18.2 Å². The molecule has 0 aliphatic carbocycles. The molecule has 6 heteroatoms. The standard InChI is InChI=1S/C15H22FN3O2/c1-3-12(2)18-9-7-17(8-10-18)11-13-5-4-6-14(15(13)16)19(20)21/h4-6,12H,3,7-11H2,1-2H3. The minimum atomic E-state index is -0.702. The lowest BCUT2D eigenvalue weighted by Crippen LogP contribution is -2.49. The van der Waals surface area contributed by atoms with Gasteiger partial charge in [-0.2, -0.15) is 4.39 Å². The summed E-state index contributed by atoms with van der Waals surface area (Å²) in [6.45, 7) is 8.49. The van der Waals surface area contributed by atoms with E-state index in [0.29, 0.717) is 18.2 Å². The third kappa shape index (κ3) is 3.77. The normalized spacial score (nSPS) is 18.6. The first-order chi connectivity index (χ1) is 10.0. The van der Waals surface area contributed by atoms with E-state index in [9.17, 15) is 14.5 Å². The Bertz CT molecular complexity index is 502. The Hall–Kier alpha value is -1.53. The highest BCUT2D eigenvalue weighted by molar-refractivity contribution is 5.36. The van der Waals surface area contributed by atoms with Crippen molar-refractivity contribution in [1.29, 1.82) is 0 Å². The number of halogens is 1. The third-order valence-corrected chi connectivity index (χ3v) is 4.27. The molecule has 1 aromatic carbocycles. The van der Waals surface area contributed by atoms with Crippen LogP contribution in [0.25, 0.3) is 0 Å². The monoisotopic (exact) mass is 295 g/mol. The van der Waals surface area contributed by atoms with Gasteiger partial charge in [0.25, 0.3) is 0 Å². The molecular weight excluding hydrogens is 273 g/mol. The molecule has 116 valence electrons. The summed E-state index contributed by atoms with van der Waals surface area (Å²) in [5, 5.41) is 10.8. The maximum atomic E-state index is 14.1. The maximum absolute atomic E-state index is 14.1. The summed E-state index contributed by atoms with van der Waals surface area (Å²) in [5.41, 5.74) is -0.0352. The van der Waals surface area contributed by atoms with Crippen molar-refractivity contribution in [1.82, 2.24) is 9.80 Å². The highest BCUT2D eigenvalue weighted by Crippen LogP contribution is 2.22. The Morgan fingerprint density at radius 2 is 2.00 bits per heavy atom. The topological polar surface area (TPSA) is 49.6 Å². The zero-order valence-corrected chi connectivity index (χ0v) is 12.6. The maximum Gasteiger partial charge on any atom is 0.305 e. The van der Waals surface area contributed by atoms with Crippen LogP contribution in [0, 0.1) is 15.9 Å². The van der Waals surface area contributed by atoms with Crippen molar-refractivity contribution in [2.24, 2.45) is 0 Å². The Kier molecular flexibility index (Phi) is 5.25. The molecule has 0 radical (unpaired) electrons. The number of piperazine rings is 1. The lowest BCUT2D eigenvalue weighted by atomic mass is 10.1. The highest BCUT2D eigenvalue weighted by Gasteiger charge is 2.23. The summed E-state index contributed by atoms with van der Waals surface area (Å²) in [7, 11) is 0. The van der Waals surface area contributed by atoms with Crippen LogP contribution in [-0.4, -0.2) is 46.9 Å². The second kappa shape index (κ2) is 6.95. The molecule has 1 aliphatic rings. The van der Waals surface area contributed by atoms with Crippen LogP contribution >= 0.6 is 0 Å². The van der Waals surface area contributed by atoms with E-state index >= 15 is 0 Å². The fourth-order valence-corrected chi connectivity index (χ4v) is 2.69. The van der Waals surface area contributed by atoms with Gasteiger partial charge in [0, 0.05) is 50.4 Å². The molecule has 21 heavy (non-hydrogen) atoms. The fraction of sp³-hybridized carbons (Fsp3) is 0.600. The number of hydrogen-bond acceptors (Lipinski definition) is 4. The molecule has 0 N–H and O–H groups in total. The van der Waals surface area contributed by atoms with Crippen LogP contribution in [0.5, 0.6) is 0 Å². The minimum absolute atomic E-state index is 0.404. The molecule has 0 bridgehead atoms. The molecule has 1 unspecified atom stereocenters. The Balaban J connectivity index is 1.98. The summed E-state index contributed by atoms with van der Waals surface area (Å²) >= 11 is 0. The second-order valence-electron chi connectivity index (χ2n) is 5.58. The molecule has 1 atom stereocenters. The quantitative estimate of drug-likeness (QED) is 0.619. The average molecular weight is 295 g/mol. The van der Waals surface area contributed by atoms with E-state index < -0.39 is 16.4 Å². The summed E-state index contributed by atoms with van der Waals surface area (Å²) < 4.78 is 14.1. The third-order valence-electron chi connectivity index (χ3n) is 4.27. The lowest BCUT2D eigenvalue weighted by molar-refractivity contribution is -0.387. The van der Waals surface area contributed by atoms with Gasteiger partial charge in [0.1, 0.15) is 0 Å². The lowest BCUT2D eigenvalue weighted by Gasteiger charge is -2.37. The Morgan fingerprint density at radius 3 is 2.57 bits per heavy atom. The van der Waals surface area contributed by atoms with E-state index in [1.807, 2.05) is 0 Å². The van der Waals surface area contributed by atoms with Gasteiger partial charge in [-0.15, -0.1) is 0 Å². The van der Waals surface area contributed by atoms with E-state index in [1.54, 1.807) is 12.1 Å². The van der Waals surface area contributed by atoms with Gasteiger partial charge in [0.15, 0.2) is 0 Å². The van der Waals surface area contributed by atoms with Crippen LogP contribution in [0.1, 0.15) is 25.8 Å². The summed E-state index contributed by atoms with van der Waals surface area (Å²) in [6, 6.07) is 4.95. The molecule has 5 nitrogen and oxygen atoms in total. The predicted molar refractivity (Wildman–Crippen MR) is 79.7 cm³/mol. The van der Waals surface area contributed by atoms with Gasteiger partial charge >= 0.3 is 5.69 Å². The summed E-state index contributed by atoms with van der Waals surface area (Å²) in [5.74, 6) is -0.702.